The Bertz CT molecular complexity index is 699. The van der Waals surface area contributed by atoms with E-state index < -0.39 is 10.8 Å². The number of halogens is 1. The van der Waals surface area contributed by atoms with Crippen molar-refractivity contribution in [3.63, 3.8) is 0 Å². The summed E-state index contributed by atoms with van der Waals surface area (Å²) < 4.78 is 0. The summed E-state index contributed by atoms with van der Waals surface area (Å²) in [5.74, 6) is -0.851. The van der Waals surface area contributed by atoms with E-state index in [0.29, 0.717) is 16.3 Å². The van der Waals surface area contributed by atoms with Gasteiger partial charge >= 0.3 is 0 Å². The number of amides is 1. The summed E-state index contributed by atoms with van der Waals surface area (Å²) in [4.78, 5) is 26.0. The molecule has 2 aromatic rings. The first-order chi connectivity index (χ1) is 9.40. The lowest BCUT2D eigenvalue weighted by atomic mass is 10.00. The minimum Gasteiger partial charge on any atom is -0.365 e. The number of nitro benzene ring substituents is 1. The van der Waals surface area contributed by atoms with Gasteiger partial charge in [-0.2, -0.15) is 0 Å². The molecule has 1 aromatic heterocycles. The van der Waals surface area contributed by atoms with Gasteiger partial charge in [0, 0.05) is 6.20 Å². The molecule has 0 fully saturated rings. The maximum absolute atomic E-state index is 11.4. The highest BCUT2D eigenvalue weighted by Gasteiger charge is 2.25. The number of aryl methyl sites for hydroxylation is 1. The van der Waals surface area contributed by atoms with Crippen LogP contribution in [0.5, 0.6) is 0 Å². The van der Waals surface area contributed by atoms with Gasteiger partial charge in [0.2, 0.25) is 0 Å². The Balaban J connectivity index is 2.77. The molecule has 20 heavy (non-hydrogen) atoms. The quantitative estimate of drug-likeness (QED) is 0.694. The first-order valence-electron chi connectivity index (χ1n) is 5.61. The monoisotopic (exact) mass is 291 g/mol. The second-order valence-electron chi connectivity index (χ2n) is 4.19. The molecule has 0 aliphatic heterocycles. The summed E-state index contributed by atoms with van der Waals surface area (Å²) in [6.45, 7) is 1.72. The number of primary amides is 1. The standard InChI is InChI=1S/C13H10ClN3O3/c1-7-4-9(11-3-2-8(14)6-16-11)12(17(19)20)10(5-7)13(15)18/h2-6H,1H3,(H2,15,18). The third-order valence-electron chi connectivity index (χ3n) is 2.71. The Morgan fingerprint density at radius 2 is 2.10 bits per heavy atom. The van der Waals surface area contributed by atoms with Gasteiger partial charge in [-0.15, -0.1) is 0 Å². The lowest BCUT2D eigenvalue weighted by Gasteiger charge is -2.07. The maximum Gasteiger partial charge on any atom is 0.291 e. The zero-order chi connectivity index (χ0) is 14.9. The van der Waals surface area contributed by atoms with Crippen LogP contribution in [0.2, 0.25) is 5.02 Å². The number of carbonyl (C=O) groups excluding carboxylic acids is 1. The molecule has 2 N–H and O–H groups in total. The molecule has 1 amide bonds. The SMILES string of the molecule is Cc1cc(C(N)=O)c([N+](=O)[O-])c(-c2ccc(Cl)cn2)c1. The highest BCUT2D eigenvalue weighted by atomic mass is 35.5. The van der Waals surface area contributed by atoms with E-state index in [1.807, 2.05) is 0 Å². The van der Waals surface area contributed by atoms with Crippen molar-refractivity contribution < 1.29 is 9.72 Å². The molecule has 2 rings (SSSR count). The van der Waals surface area contributed by atoms with Crippen LogP contribution in [0.4, 0.5) is 5.69 Å². The van der Waals surface area contributed by atoms with Gasteiger partial charge in [-0.25, -0.2) is 0 Å². The van der Waals surface area contributed by atoms with Gasteiger partial charge in [-0.05, 0) is 36.8 Å². The number of nitrogens with two attached hydrogens (primary N) is 1. The van der Waals surface area contributed by atoms with E-state index in [0.717, 1.165) is 0 Å². The van der Waals surface area contributed by atoms with E-state index in [1.54, 1.807) is 25.1 Å². The minimum atomic E-state index is -0.851. The van der Waals surface area contributed by atoms with E-state index >= 15 is 0 Å². The van der Waals surface area contributed by atoms with Gasteiger partial charge in [0.05, 0.1) is 21.2 Å². The summed E-state index contributed by atoms with van der Waals surface area (Å²) in [5, 5.41) is 11.7. The van der Waals surface area contributed by atoms with E-state index in [4.69, 9.17) is 17.3 Å². The number of pyridine rings is 1. The van der Waals surface area contributed by atoms with Crippen LogP contribution in [0.1, 0.15) is 15.9 Å². The van der Waals surface area contributed by atoms with Gasteiger partial charge in [-0.1, -0.05) is 11.6 Å². The maximum atomic E-state index is 11.4. The summed E-state index contributed by atoms with van der Waals surface area (Å²) in [7, 11) is 0. The van der Waals surface area contributed by atoms with Crippen LogP contribution < -0.4 is 5.73 Å². The highest BCUT2D eigenvalue weighted by Crippen LogP contribution is 2.33. The number of carbonyl (C=O) groups is 1. The van der Waals surface area contributed by atoms with Crippen molar-refractivity contribution in [3.8, 4) is 11.3 Å². The molecule has 6 nitrogen and oxygen atoms in total. The molecule has 0 saturated heterocycles. The normalized spacial score (nSPS) is 10.3. The molecule has 7 heteroatoms. The van der Waals surface area contributed by atoms with Gasteiger partial charge in [0.15, 0.2) is 0 Å². The summed E-state index contributed by atoms with van der Waals surface area (Å²) in [6, 6.07) is 6.09. The average molecular weight is 292 g/mol. The van der Waals surface area contributed by atoms with Crippen LogP contribution in [-0.4, -0.2) is 15.8 Å². The first kappa shape index (κ1) is 14.0. The largest absolute Gasteiger partial charge is 0.365 e. The number of rotatable bonds is 3. The van der Waals surface area contributed by atoms with Gasteiger partial charge in [0.25, 0.3) is 11.6 Å². The van der Waals surface area contributed by atoms with E-state index in [-0.39, 0.29) is 16.8 Å². The van der Waals surface area contributed by atoms with Crippen molar-refractivity contribution >= 4 is 23.2 Å². The fraction of sp³-hybridized carbons (Fsp3) is 0.0769. The molecule has 102 valence electrons. The summed E-state index contributed by atoms with van der Waals surface area (Å²) in [5.41, 5.74) is 5.99. The molecule has 0 aliphatic rings. The number of benzene rings is 1. The average Bonchev–Trinajstić information content (AvgIpc) is 2.38. The van der Waals surface area contributed by atoms with Gasteiger partial charge in [-0.3, -0.25) is 19.9 Å². The number of hydrogen-bond acceptors (Lipinski definition) is 4. The van der Waals surface area contributed by atoms with Crippen molar-refractivity contribution in [3.05, 3.63) is 56.7 Å². The van der Waals surface area contributed by atoms with Crippen LogP contribution in [-0.2, 0) is 0 Å². The zero-order valence-electron chi connectivity index (χ0n) is 10.5. The fourth-order valence-electron chi connectivity index (χ4n) is 1.89. The second kappa shape index (κ2) is 5.26. The highest BCUT2D eigenvalue weighted by molar-refractivity contribution is 6.30. The van der Waals surface area contributed by atoms with Crippen LogP contribution in [0.25, 0.3) is 11.3 Å². The molecule has 0 radical (unpaired) electrons. The lowest BCUT2D eigenvalue weighted by molar-refractivity contribution is -0.384. The van der Waals surface area contributed by atoms with E-state index in [9.17, 15) is 14.9 Å². The Labute approximate surface area is 119 Å². The van der Waals surface area contributed by atoms with Crippen molar-refractivity contribution in [1.82, 2.24) is 4.98 Å². The molecule has 1 aromatic carbocycles. The molecular formula is C13H10ClN3O3. The molecule has 0 atom stereocenters. The number of aromatic nitrogens is 1. The number of nitrogens with zero attached hydrogens (tertiary/aromatic N) is 2. The van der Waals surface area contributed by atoms with Crippen LogP contribution in [0, 0.1) is 17.0 Å². The first-order valence-corrected chi connectivity index (χ1v) is 5.98. The van der Waals surface area contributed by atoms with Gasteiger partial charge in [0.1, 0.15) is 5.56 Å². The molecular weight excluding hydrogens is 282 g/mol. The van der Waals surface area contributed by atoms with E-state index in [2.05, 4.69) is 4.98 Å². The predicted octanol–water partition coefficient (Wildman–Crippen LogP) is 2.72. The second-order valence-corrected chi connectivity index (χ2v) is 4.63. The predicted molar refractivity (Wildman–Crippen MR) is 74.6 cm³/mol. The topological polar surface area (TPSA) is 99.1 Å². The smallest absolute Gasteiger partial charge is 0.291 e. The molecule has 0 bridgehead atoms. The lowest BCUT2D eigenvalue weighted by Crippen LogP contribution is -2.14. The van der Waals surface area contributed by atoms with Crippen LogP contribution >= 0.6 is 11.6 Å². The molecule has 0 spiro atoms. The van der Waals surface area contributed by atoms with Crippen molar-refractivity contribution in [2.45, 2.75) is 6.92 Å². The number of nitro groups is 1. The van der Waals surface area contributed by atoms with Crippen molar-refractivity contribution in [2.75, 3.05) is 0 Å². The third-order valence-corrected chi connectivity index (χ3v) is 2.93. The number of hydrogen-bond donors (Lipinski definition) is 1. The summed E-state index contributed by atoms with van der Waals surface area (Å²) >= 11 is 5.74. The minimum absolute atomic E-state index is 0.137. The Morgan fingerprint density at radius 3 is 2.60 bits per heavy atom. The molecule has 0 saturated carbocycles. The Kier molecular flexibility index (Phi) is 3.67. The summed E-state index contributed by atoms with van der Waals surface area (Å²) in [6.07, 6.45) is 1.38. The van der Waals surface area contributed by atoms with Crippen LogP contribution in [0.3, 0.4) is 0 Å². The van der Waals surface area contributed by atoms with E-state index in [1.165, 1.54) is 12.3 Å². The molecule has 1 heterocycles. The van der Waals surface area contributed by atoms with Gasteiger partial charge < -0.3 is 5.73 Å². The fourth-order valence-corrected chi connectivity index (χ4v) is 2.01. The molecule has 0 aliphatic carbocycles. The van der Waals surface area contributed by atoms with Crippen molar-refractivity contribution in [2.24, 2.45) is 5.73 Å². The van der Waals surface area contributed by atoms with Crippen molar-refractivity contribution in [1.29, 1.82) is 0 Å². The van der Waals surface area contributed by atoms with Crippen LogP contribution in [0.15, 0.2) is 30.5 Å². The Hall–Kier alpha value is -2.47. The Morgan fingerprint density at radius 1 is 1.40 bits per heavy atom. The third kappa shape index (κ3) is 2.60. The molecule has 0 unspecified atom stereocenters. The zero-order valence-corrected chi connectivity index (χ0v) is 11.2.